The first-order valence-electron chi connectivity index (χ1n) is 8.26. The molecule has 0 spiro atoms. The van der Waals surface area contributed by atoms with Gasteiger partial charge >= 0.3 is 0 Å². The molecule has 2 N–H and O–H groups in total. The largest absolute Gasteiger partial charge is 0.497 e. The van der Waals surface area contributed by atoms with Crippen LogP contribution in [-0.2, 0) is 0 Å². The quantitative estimate of drug-likeness (QED) is 0.657. The monoisotopic (exact) mass is 348 g/mol. The van der Waals surface area contributed by atoms with Crippen molar-refractivity contribution in [2.75, 3.05) is 7.11 Å². The van der Waals surface area contributed by atoms with Crippen molar-refractivity contribution in [2.45, 2.75) is 25.5 Å². The number of hydrogen-bond acceptors (Lipinski definition) is 5. The third-order valence-corrected chi connectivity index (χ3v) is 4.56. The second-order valence-electron chi connectivity index (χ2n) is 6.81. The molecule has 5 nitrogen and oxygen atoms in total. The van der Waals surface area contributed by atoms with Gasteiger partial charge in [-0.1, -0.05) is 6.07 Å². The first kappa shape index (κ1) is 17.7. The van der Waals surface area contributed by atoms with Crippen LogP contribution in [0.3, 0.4) is 0 Å². The Bertz CT molecular complexity index is 921. The van der Waals surface area contributed by atoms with E-state index < -0.39 is 11.6 Å². The van der Waals surface area contributed by atoms with Crippen LogP contribution in [0.2, 0.25) is 0 Å². The van der Waals surface area contributed by atoms with E-state index in [0.717, 1.165) is 11.1 Å². The summed E-state index contributed by atoms with van der Waals surface area (Å²) in [5.41, 5.74) is 2.48. The van der Waals surface area contributed by atoms with E-state index in [-0.39, 0.29) is 5.78 Å². The Hall–Kier alpha value is -3.10. The lowest BCUT2D eigenvalue weighted by Crippen LogP contribution is -2.47. The number of nitrogens with one attached hydrogen (secondary N) is 1. The predicted molar refractivity (Wildman–Crippen MR) is 98.6 cm³/mol. The number of aliphatic hydroxyl groups is 1. The Morgan fingerprint density at radius 3 is 2.58 bits per heavy atom. The zero-order valence-electron chi connectivity index (χ0n) is 14.9. The average Bonchev–Trinajstić information content (AvgIpc) is 2.65. The Kier molecular flexibility index (Phi) is 4.54. The predicted octanol–water partition coefficient (Wildman–Crippen LogP) is 3.21. The highest BCUT2D eigenvalue weighted by molar-refractivity contribution is 6.08. The van der Waals surface area contributed by atoms with Crippen LogP contribution in [-0.4, -0.2) is 23.5 Å². The minimum Gasteiger partial charge on any atom is -0.497 e. The summed E-state index contributed by atoms with van der Waals surface area (Å²) in [7, 11) is 1.57. The summed E-state index contributed by atoms with van der Waals surface area (Å²) in [6.45, 7) is 3.76. The van der Waals surface area contributed by atoms with Crippen molar-refractivity contribution in [3.63, 3.8) is 0 Å². The first-order valence-corrected chi connectivity index (χ1v) is 8.26. The number of benzene rings is 2. The summed E-state index contributed by atoms with van der Waals surface area (Å²) in [4.78, 5) is 12.7. The molecule has 0 aromatic heterocycles. The standard InChI is InChI=1S/C21H20N2O3/c1-21(2)20(25)16-9-8-15(26-3)10-17(16)18(23-21)11-19(24)14-6-4-13(12-22)5-7-14/h4-11,20,23,25H,1-3H3. The Morgan fingerprint density at radius 2 is 1.96 bits per heavy atom. The van der Waals surface area contributed by atoms with Crippen molar-refractivity contribution in [2.24, 2.45) is 0 Å². The number of aliphatic hydroxyl groups excluding tert-OH is 1. The van der Waals surface area contributed by atoms with E-state index in [1.54, 1.807) is 43.5 Å². The van der Waals surface area contributed by atoms with E-state index in [9.17, 15) is 9.90 Å². The lowest BCUT2D eigenvalue weighted by molar-refractivity contribution is 0.0853. The Balaban J connectivity index is 2.05. The van der Waals surface area contributed by atoms with Gasteiger partial charge in [0.2, 0.25) is 0 Å². The molecule has 5 heteroatoms. The van der Waals surface area contributed by atoms with Gasteiger partial charge < -0.3 is 15.2 Å². The number of nitriles is 1. The van der Waals surface area contributed by atoms with E-state index >= 15 is 0 Å². The van der Waals surface area contributed by atoms with Crippen LogP contribution in [0.25, 0.3) is 5.70 Å². The van der Waals surface area contributed by atoms with Gasteiger partial charge in [0.25, 0.3) is 0 Å². The number of ether oxygens (including phenoxy) is 1. The van der Waals surface area contributed by atoms with Crippen LogP contribution in [0.4, 0.5) is 0 Å². The van der Waals surface area contributed by atoms with Crippen molar-refractivity contribution in [1.29, 1.82) is 5.26 Å². The van der Waals surface area contributed by atoms with E-state index in [4.69, 9.17) is 10.00 Å². The summed E-state index contributed by atoms with van der Waals surface area (Å²) in [6, 6.07) is 14.0. The molecular formula is C21H20N2O3. The summed E-state index contributed by atoms with van der Waals surface area (Å²) >= 11 is 0. The summed E-state index contributed by atoms with van der Waals surface area (Å²) in [6.07, 6.45) is 0.804. The molecule has 3 rings (SSSR count). The zero-order chi connectivity index (χ0) is 18.9. The highest BCUT2D eigenvalue weighted by Crippen LogP contribution is 2.39. The fourth-order valence-corrected chi connectivity index (χ4v) is 3.04. The topological polar surface area (TPSA) is 82.4 Å². The number of carbonyl (C=O) groups is 1. The van der Waals surface area contributed by atoms with Crippen molar-refractivity contribution in [3.05, 3.63) is 70.8 Å². The summed E-state index contributed by atoms with van der Waals surface area (Å²) in [5, 5.41) is 22.8. The molecule has 0 bridgehead atoms. The molecule has 1 aliphatic heterocycles. The zero-order valence-corrected chi connectivity index (χ0v) is 14.9. The second-order valence-corrected chi connectivity index (χ2v) is 6.81. The molecule has 0 radical (unpaired) electrons. The number of ketones is 1. The van der Waals surface area contributed by atoms with Crippen LogP contribution in [0.15, 0.2) is 48.5 Å². The highest BCUT2D eigenvalue weighted by atomic mass is 16.5. The second kappa shape index (κ2) is 6.66. The van der Waals surface area contributed by atoms with Crippen molar-refractivity contribution in [1.82, 2.24) is 5.32 Å². The molecule has 0 saturated carbocycles. The minimum atomic E-state index is -0.717. The maximum absolute atomic E-state index is 12.7. The van der Waals surface area contributed by atoms with Crippen LogP contribution >= 0.6 is 0 Å². The van der Waals surface area contributed by atoms with Gasteiger partial charge in [-0.2, -0.15) is 5.26 Å². The third-order valence-electron chi connectivity index (χ3n) is 4.56. The molecular weight excluding hydrogens is 328 g/mol. The van der Waals surface area contributed by atoms with E-state index in [0.29, 0.717) is 22.6 Å². The molecule has 26 heavy (non-hydrogen) atoms. The molecule has 1 unspecified atom stereocenters. The number of fused-ring (bicyclic) bond motifs is 1. The van der Waals surface area contributed by atoms with Crippen molar-refractivity contribution < 1.29 is 14.6 Å². The molecule has 1 atom stereocenters. The van der Waals surface area contributed by atoms with Gasteiger partial charge in [0.15, 0.2) is 5.78 Å². The molecule has 2 aromatic rings. The summed E-state index contributed by atoms with van der Waals surface area (Å²) < 4.78 is 5.28. The molecule has 1 heterocycles. The lowest BCUT2D eigenvalue weighted by Gasteiger charge is -2.40. The molecule has 2 aromatic carbocycles. The highest BCUT2D eigenvalue weighted by Gasteiger charge is 2.36. The summed E-state index contributed by atoms with van der Waals surface area (Å²) in [5.74, 6) is 0.465. The number of methoxy groups -OCH3 is 1. The molecule has 1 aliphatic rings. The molecule has 0 fully saturated rings. The number of nitrogens with zero attached hydrogens (tertiary/aromatic N) is 1. The van der Waals surface area contributed by atoms with Gasteiger partial charge in [0.05, 0.1) is 24.3 Å². The Morgan fingerprint density at radius 1 is 1.27 bits per heavy atom. The Labute approximate surface area is 152 Å². The number of rotatable bonds is 3. The molecule has 0 aliphatic carbocycles. The van der Waals surface area contributed by atoms with Gasteiger partial charge in [0, 0.05) is 22.9 Å². The smallest absolute Gasteiger partial charge is 0.187 e. The van der Waals surface area contributed by atoms with Gasteiger partial charge in [0.1, 0.15) is 11.9 Å². The van der Waals surface area contributed by atoms with Crippen LogP contribution in [0.1, 0.15) is 47.0 Å². The average molecular weight is 348 g/mol. The molecule has 132 valence electrons. The van der Waals surface area contributed by atoms with E-state index in [2.05, 4.69) is 5.32 Å². The molecule has 0 amide bonds. The van der Waals surface area contributed by atoms with Gasteiger partial charge in [-0.05, 0) is 55.8 Å². The third kappa shape index (κ3) is 3.19. The van der Waals surface area contributed by atoms with Crippen LogP contribution in [0, 0.1) is 11.3 Å². The maximum Gasteiger partial charge on any atom is 0.187 e. The van der Waals surface area contributed by atoms with Crippen molar-refractivity contribution >= 4 is 11.5 Å². The number of allylic oxidation sites excluding steroid dienone is 1. The first-order chi connectivity index (χ1) is 12.4. The number of hydrogen-bond donors (Lipinski definition) is 2. The number of carbonyl (C=O) groups excluding carboxylic acids is 1. The van der Waals surface area contributed by atoms with Crippen molar-refractivity contribution in [3.8, 4) is 11.8 Å². The van der Waals surface area contributed by atoms with Crippen LogP contribution in [0.5, 0.6) is 5.75 Å². The van der Waals surface area contributed by atoms with Crippen LogP contribution < -0.4 is 10.1 Å². The van der Waals surface area contributed by atoms with Gasteiger partial charge in [-0.25, -0.2) is 0 Å². The maximum atomic E-state index is 12.7. The normalized spacial score (nSPS) is 19.2. The van der Waals surface area contributed by atoms with E-state index in [1.165, 1.54) is 6.08 Å². The lowest BCUT2D eigenvalue weighted by atomic mass is 9.82. The fourth-order valence-electron chi connectivity index (χ4n) is 3.04. The van der Waals surface area contributed by atoms with Gasteiger partial charge in [-0.3, -0.25) is 4.79 Å². The minimum absolute atomic E-state index is 0.182. The fraction of sp³-hybridized carbons (Fsp3) is 0.238. The van der Waals surface area contributed by atoms with Gasteiger partial charge in [-0.15, -0.1) is 0 Å². The van der Waals surface area contributed by atoms with E-state index in [1.807, 2.05) is 26.0 Å². The molecule has 0 saturated heterocycles. The SMILES string of the molecule is COc1ccc2c(c1)C(=CC(=O)c1ccc(C#N)cc1)NC(C)(C)C2O.